The van der Waals surface area contributed by atoms with Crippen molar-refractivity contribution in [3.05, 3.63) is 35.0 Å². The third-order valence-corrected chi connectivity index (χ3v) is 2.09. The first-order valence-corrected chi connectivity index (χ1v) is 4.16. The van der Waals surface area contributed by atoms with Crippen LogP contribution in [0.3, 0.4) is 0 Å². The van der Waals surface area contributed by atoms with Crippen molar-refractivity contribution in [2.45, 2.75) is 12.5 Å². The molecule has 1 aromatic heterocycles. The molecular formula is C8H13NS. The first kappa shape index (κ1) is 7.51. The quantitative estimate of drug-likeness (QED) is 0.664. The van der Waals surface area contributed by atoms with Crippen molar-refractivity contribution in [1.29, 1.82) is 0 Å². The van der Waals surface area contributed by atoms with Crippen LogP contribution in [0.4, 0.5) is 0 Å². The molecule has 1 atom stereocenters. The van der Waals surface area contributed by atoms with Crippen molar-refractivity contribution in [3.8, 4) is 0 Å². The molecule has 0 saturated heterocycles. The Morgan fingerprint density at radius 3 is 3.20 bits per heavy atom. The number of hydrogen-bond donors (Lipinski definition) is 1. The normalized spacial score (nSPS) is 12.9. The van der Waals surface area contributed by atoms with E-state index in [1.165, 1.54) is 5.56 Å². The Hall–Kier alpha value is -0.600. The van der Waals surface area contributed by atoms with Crippen LogP contribution in [0.2, 0.25) is 0 Å². The van der Waals surface area contributed by atoms with Gasteiger partial charge in [0.05, 0.1) is 0 Å². The average molecular weight is 155 g/mol. The molecule has 0 aliphatic carbocycles. The molecule has 0 aromatic carbocycles. The molecule has 2 N–H and O–H groups in total. The number of hydrogen-bond acceptors (Lipinski definition) is 2. The molecule has 0 aliphatic rings. The maximum absolute atomic E-state index is 5.65. The van der Waals surface area contributed by atoms with Crippen LogP contribution in [-0.4, -0.2) is 6.04 Å². The lowest BCUT2D eigenvalue weighted by molar-refractivity contribution is 0.815. The highest BCUT2D eigenvalue weighted by Gasteiger charge is 1.97. The topological polar surface area (TPSA) is 26.0 Å². The van der Waals surface area contributed by atoms with Crippen LogP contribution in [-0.2, 0) is 6.42 Å². The number of rotatable bonds is 3. The van der Waals surface area contributed by atoms with E-state index >= 15 is 0 Å². The molecule has 0 fully saturated rings. The van der Waals surface area contributed by atoms with Gasteiger partial charge < -0.3 is 5.73 Å². The summed E-state index contributed by atoms with van der Waals surface area (Å²) in [4.78, 5) is 0. The zero-order valence-corrected chi connectivity index (χ0v) is 6.60. The zero-order valence-electron chi connectivity index (χ0n) is 5.79. The summed E-state index contributed by atoms with van der Waals surface area (Å²) in [5, 5.41) is 4.18. The van der Waals surface area contributed by atoms with E-state index in [0.29, 0.717) is 0 Å². The second-order valence-corrected chi connectivity index (χ2v) is 3.02. The van der Waals surface area contributed by atoms with Crippen LogP contribution in [0.5, 0.6) is 0 Å². The van der Waals surface area contributed by atoms with Gasteiger partial charge >= 0.3 is 0 Å². The molecule has 0 radical (unpaired) electrons. The molecule has 2 heteroatoms. The van der Waals surface area contributed by atoms with Gasteiger partial charge in [-0.15, -0.1) is 6.58 Å². The molecule has 56 valence electrons. The van der Waals surface area contributed by atoms with E-state index in [0.717, 1.165) is 6.42 Å². The molecule has 0 amide bonds. The van der Waals surface area contributed by atoms with Crippen molar-refractivity contribution < 1.29 is 1.43 Å². The summed E-state index contributed by atoms with van der Waals surface area (Å²) in [6.07, 6.45) is 2.69. The van der Waals surface area contributed by atoms with Crippen LogP contribution in [0.1, 0.15) is 6.99 Å². The van der Waals surface area contributed by atoms with Crippen molar-refractivity contribution in [2.75, 3.05) is 0 Å². The molecule has 0 spiro atoms. The van der Waals surface area contributed by atoms with Crippen LogP contribution in [0.25, 0.3) is 0 Å². The molecule has 0 bridgehead atoms. The summed E-state index contributed by atoms with van der Waals surface area (Å²) in [5.74, 6) is 0. The fourth-order valence-corrected chi connectivity index (χ4v) is 1.45. The lowest BCUT2D eigenvalue weighted by Crippen LogP contribution is -2.18. The van der Waals surface area contributed by atoms with Gasteiger partial charge in [-0.05, 0) is 28.8 Å². The lowest BCUT2D eigenvalue weighted by atomic mass is 10.1. The summed E-state index contributed by atoms with van der Waals surface area (Å²) in [5.41, 5.74) is 6.95. The fourth-order valence-electron chi connectivity index (χ4n) is 0.764. The standard InChI is InChI=1S/C8H11NS.H2/c1-2-8(9)5-7-3-4-10-6-7;/h2-4,6,8H,1,5,9H2;1H/t8-;/m1./s1. The van der Waals surface area contributed by atoms with Gasteiger partial charge in [-0.3, -0.25) is 0 Å². The minimum absolute atomic E-state index is 0. The van der Waals surface area contributed by atoms with E-state index in [4.69, 9.17) is 5.73 Å². The summed E-state index contributed by atoms with van der Waals surface area (Å²) in [6, 6.07) is 2.20. The predicted molar refractivity (Wildman–Crippen MR) is 48.3 cm³/mol. The van der Waals surface area contributed by atoms with E-state index in [9.17, 15) is 0 Å². The Bertz CT molecular complexity index is 196. The van der Waals surface area contributed by atoms with E-state index in [1.54, 1.807) is 17.4 Å². The SMILES string of the molecule is C=C[C@@H](N)Cc1ccsc1.[HH]. The first-order valence-electron chi connectivity index (χ1n) is 3.22. The maximum atomic E-state index is 5.65. The molecule has 0 aliphatic heterocycles. The van der Waals surface area contributed by atoms with Crippen molar-refractivity contribution in [1.82, 2.24) is 0 Å². The summed E-state index contributed by atoms with van der Waals surface area (Å²) in [7, 11) is 0. The van der Waals surface area contributed by atoms with E-state index in [-0.39, 0.29) is 7.47 Å². The number of nitrogens with two attached hydrogens (primary N) is 1. The Morgan fingerprint density at radius 2 is 2.70 bits per heavy atom. The van der Waals surface area contributed by atoms with Gasteiger partial charge in [0.15, 0.2) is 0 Å². The van der Waals surface area contributed by atoms with Crippen LogP contribution >= 0.6 is 11.3 Å². The molecule has 0 unspecified atom stereocenters. The number of thiophene rings is 1. The predicted octanol–water partition coefficient (Wildman–Crippen LogP) is 2.05. The van der Waals surface area contributed by atoms with Crippen LogP contribution < -0.4 is 5.73 Å². The Kier molecular flexibility index (Phi) is 2.66. The maximum Gasteiger partial charge on any atom is 0.0262 e. The van der Waals surface area contributed by atoms with Gasteiger partial charge in [-0.1, -0.05) is 6.08 Å². The summed E-state index contributed by atoms with van der Waals surface area (Å²) >= 11 is 1.70. The van der Waals surface area contributed by atoms with Crippen molar-refractivity contribution in [2.24, 2.45) is 5.73 Å². The first-order chi connectivity index (χ1) is 4.83. The van der Waals surface area contributed by atoms with Gasteiger partial charge in [0.25, 0.3) is 0 Å². The summed E-state index contributed by atoms with van der Waals surface area (Å²) in [6.45, 7) is 3.62. The molecule has 1 nitrogen and oxygen atoms in total. The molecule has 1 aromatic rings. The van der Waals surface area contributed by atoms with E-state index in [1.807, 2.05) is 0 Å². The van der Waals surface area contributed by atoms with Crippen LogP contribution in [0.15, 0.2) is 29.5 Å². The molecule has 1 rings (SSSR count). The molecule has 1 heterocycles. The fraction of sp³-hybridized carbons (Fsp3) is 0.250. The molecule has 0 saturated carbocycles. The second-order valence-electron chi connectivity index (χ2n) is 2.24. The Morgan fingerprint density at radius 1 is 1.90 bits per heavy atom. The lowest BCUT2D eigenvalue weighted by Gasteiger charge is -2.01. The minimum Gasteiger partial charge on any atom is -0.324 e. The smallest absolute Gasteiger partial charge is 0.0262 e. The van der Waals surface area contributed by atoms with Gasteiger partial charge in [0.1, 0.15) is 0 Å². The van der Waals surface area contributed by atoms with Gasteiger partial charge in [-0.25, -0.2) is 0 Å². The van der Waals surface area contributed by atoms with Gasteiger partial charge in [0, 0.05) is 7.47 Å². The minimum atomic E-state index is 0. The second kappa shape index (κ2) is 3.54. The summed E-state index contributed by atoms with van der Waals surface area (Å²) < 4.78 is 0. The van der Waals surface area contributed by atoms with Crippen LogP contribution in [0, 0.1) is 0 Å². The van der Waals surface area contributed by atoms with Crippen molar-refractivity contribution in [3.63, 3.8) is 0 Å². The zero-order chi connectivity index (χ0) is 7.40. The monoisotopic (exact) mass is 155 g/mol. The van der Waals surface area contributed by atoms with E-state index < -0.39 is 0 Å². The Labute approximate surface area is 66.7 Å². The largest absolute Gasteiger partial charge is 0.324 e. The van der Waals surface area contributed by atoms with Gasteiger partial charge in [-0.2, -0.15) is 11.3 Å². The third kappa shape index (κ3) is 1.97. The third-order valence-electron chi connectivity index (χ3n) is 1.35. The highest BCUT2D eigenvalue weighted by molar-refractivity contribution is 7.07. The molecule has 10 heavy (non-hydrogen) atoms. The van der Waals surface area contributed by atoms with Gasteiger partial charge in [0.2, 0.25) is 0 Å². The average Bonchev–Trinajstić information content (AvgIpc) is 2.40. The Balaban J connectivity index is 0.000001000. The highest BCUT2D eigenvalue weighted by atomic mass is 32.1. The van der Waals surface area contributed by atoms with Crippen molar-refractivity contribution >= 4 is 11.3 Å². The van der Waals surface area contributed by atoms with E-state index in [2.05, 4.69) is 23.4 Å². The highest BCUT2D eigenvalue weighted by Crippen LogP contribution is 2.07. The molecular weight excluding hydrogens is 142 g/mol.